The van der Waals surface area contributed by atoms with Crippen LogP contribution in [0.5, 0.6) is 0 Å². The predicted octanol–water partition coefficient (Wildman–Crippen LogP) is 1.79. The van der Waals surface area contributed by atoms with E-state index < -0.39 is 0 Å². The lowest BCUT2D eigenvalue weighted by Crippen LogP contribution is -2.30. The molecule has 1 aliphatic carbocycles. The van der Waals surface area contributed by atoms with E-state index in [0.29, 0.717) is 34.9 Å². The van der Waals surface area contributed by atoms with E-state index in [-0.39, 0.29) is 28.8 Å². The second-order valence-corrected chi connectivity index (χ2v) is 7.49. The number of aromatic amines is 1. The Morgan fingerprint density at radius 3 is 2.88 bits per heavy atom. The first-order valence-corrected chi connectivity index (χ1v) is 8.51. The van der Waals surface area contributed by atoms with Crippen LogP contribution >= 0.6 is 11.8 Å². The third-order valence-electron chi connectivity index (χ3n) is 3.71. The van der Waals surface area contributed by atoms with Crippen molar-refractivity contribution in [3.8, 4) is 0 Å². The molecule has 2 heterocycles. The lowest BCUT2D eigenvalue weighted by atomic mass is 9.75. The fourth-order valence-corrected chi connectivity index (χ4v) is 3.36. The van der Waals surface area contributed by atoms with Gasteiger partial charge in [0.05, 0.1) is 22.7 Å². The number of H-pyrrole nitrogens is 1. The minimum absolute atomic E-state index is 0.0671. The van der Waals surface area contributed by atoms with Crippen LogP contribution in [0.25, 0.3) is 0 Å². The number of rotatable bonds is 4. The van der Waals surface area contributed by atoms with Gasteiger partial charge in [0.2, 0.25) is 11.9 Å². The van der Waals surface area contributed by atoms with Gasteiger partial charge in [-0.1, -0.05) is 25.6 Å². The Hall–Kier alpha value is -2.29. The van der Waals surface area contributed by atoms with E-state index >= 15 is 0 Å². The van der Waals surface area contributed by atoms with Crippen LogP contribution in [0.15, 0.2) is 11.5 Å². The Morgan fingerprint density at radius 2 is 2.17 bits per heavy atom. The first kappa shape index (κ1) is 16.6. The number of thioether (sulfide) groups is 1. The molecule has 126 valence electrons. The number of hydrogen-bond acceptors (Lipinski definition) is 7. The van der Waals surface area contributed by atoms with Crippen molar-refractivity contribution in [1.29, 1.82) is 0 Å². The molecule has 8 nitrogen and oxygen atoms in total. The smallest absolute Gasteiger partial charge is 0.237 e. The van der Waals surface area contributed by atoms with Crippen molar-refractivity contribution in [2.45, 2.75) is 38.8 Å². The molecule has 0 saturated heterocycles. The van der Waals surface area contributed by atoms with Gasteiger partial charge >= 0.3 is 0 Å². The minimum Gasteiger partial charge on any atom is -0.294 e. The number of aromatic nitrogens is 5. The second kappa shape index (κ2) is 6.31. The lowest BCUT2D eigenvalue weighted by Gasteiger charge is -2.30. The number of aryl methyl sites for hydroxylation is 1. The largest absolute Gasteiger partial charge is 0.294 e. The first-order valence-electron chi connectivity index (χ1n) is 7.53. The molecule has 9 heteroatoms. The summed E-state index contributed by atoms with van der Waals surface area (Å²) in [5, 5.41) is 9.64. The first-order chi connectivity index (χ1) is 11.3. The van der Waals surface area contributed by atoms with Crippen LogP contribution in [-0.2, 0) is 11.2 Å². The zero-order chi connectivity index (χ0) is 17.3. The van der Waals surface area contributed by atoms with Crippen LogP contribution < -0.4 is 5.32 Å². The van der Waals surface area contributed by atoms with Gasteiger partial charge in [-0.2, -0.15) is 5.10 Å². The van der Waals surface area contributed by atoms with Crippen molar-refractivity contribution < 1.29 is 9.59 Å². The zero-order valence-electron chi connectivity index (χ0n) is 13.7. The molecule has 0 spiro atoms. The summed E-state index contributed by atoms with van der Waals surface area (Å²) in [6, 6.07) is 0. The molecule has 3 rings (SSSR count). The highest BCUT2D eigenvalue weighted by Crippen LogP contribution is 2.35. The third-order valence-corrected chi connectivity index (χ3v) is 4.59. The van der Waals surface area contributed by atoms with Gasteiger partial charge in [-0.25, -0.2) is 15.0 Å². The lowest BCUT2D eigenvalue weighted by molar-refractivity contribution is -0.113. The molecular formula is C15H18N6O2S. The molecule has 0 radical (unpaired) electrons. The van der Waals surface area contributed by atoms with Crippen LogP contribution in [0.4, 0.5) is 5.95 Å². The van der Waals surface area contributed by atoms with Crippen LogP contribution in [0.1, 0.15) is 42.0 Å². The van der Waals surface area contributed by atoms with Crippen LogP contribution in [-0.4, -0.2) is 42.6 Å². The maximum absolute atomic E-state index is 12.3. The van der Waals surface area contributed by atoms with Crippen molar-refractivity contribution in [3.05, 3.63) is 23.3 Å². The number of nitrogens with one attached hydrogen (secondary N) is 2. The highest BCUT2D eigenvalue weighted by Gasteiger charge is 2.33. The van der Waals surface area contributed by atoms with E-state index in [9.17, 15) is 9.59 Å². The summed E-state index contributed by atoms with van der Waals surface area (Å²) in [7, 11) is 0. The average molecular weight is 346 g/mol. The molecule has 0 saturated carbocycles. The summed E-state index contributed by atoms with van der Waals surface area (Å²) in [6.07, 6.45) is 2.56. The summed E-state index contributed by atoms with van der Waals surface area (Å²) in [5.41, 5.74) is 1.79. The van der Waals surface area contributed by atoms with Gasteiger partial charge in [-0.05, 0) is 18.8 Å². The second-order valence-electron chi connectivity index (χ2n) is 6.52. The van der Waals surface area contributed by atoms with Crippen molar-refractivity contribution in [1.82, 2.24) is 25.1 Å². The molecule has 0 unspecified atom stereocenters. The van der Waals surface area contributed by atoms with Crippen molar-refractivity contribution in [2.75, 3.05) is 11.1 Å². The summed E-state index contributed by atoms with van der Waals surface area (Å²) < 4.78 is 0. The number of hydrogen-bond donors (Lipinski definition) is 2. The van der Waals surface area contributed by atoms with E-state index in [4.69, 9.17) is 0 Å². The van der Waals surface area contributed by atoms with Gasteiger partial charge in [0.15, 0.2) is 10.9 Å². The SMILES string of the molecule is Cc1nc(NC(=O)CSc2ncn[nH]2)nc2c1C(=O)CC(C)(C)C2. The van der Waals surface area contributed by atoms with Crippen molar-refractivity contribution >= 4 is 29.4 Å². The minimum atomic E-state index is -0.239. The fourth-order valence-electron chi connectivity index (χ4n) is 2.78. The van der Waals surface area contributed by atoms with Crippen LogP contribution in [0.3, 0.4) is 0 Å². The fraction of sp³-hybridized carbons (Fsp3) is 0.467. The quantitative estimate of drug-likeness (QED) is 0.811. The molecule has 1 amide bonds. The number of nitrogens with zero attached hydrogens (tertiary/aromatic N) is 4. The molecule has 0 fully saturated rings. The molecule has 0 atom stereocenters. The normalized spacial score (nSPS) is 15.9. The number of anilines is 1. The van der Waals surface area contributed by atoms with Crippen LogP contribution in [0, 0.1) is 12.3 Å². The van der Waals surface area contributed by atoms with Gasteiger partial charge in [0.25, 0.3) is 0 Å². The average Bonchev–Trinajstić information content (AvgIpc) is 2.95. The molecule has 2 aromatic heterocycles. The third kappa shape index (κ3) is 3.61. The van der Waals surface area contributed by atoms with E-state index in [1.165, 1.54) is 18.1 Å². The highest BCUT2D eigenvalue weighted by atomic mass is 32.2. The van der Waals surface area contributed by atoms with Crippen LogP contribution in [0.2, 0.25) is 0 Å². The molecule has 2 N–H and O–H groups in total. The number of fused-ring (bicyclic) bond motifs is 1. The Labute approximate surface area is 143 Å². The van der Waals surface area contributed by atoms with Gasteiger partial charge in [0.1, 0.15) is 6.33 Å². The summed E-state index contributed by atoms with van der Waals surface area (Å²) in [6.45, 7) is 5.85. The van der Waals surface area contributed by atoms with E-state index in [0.717, 1.165) is 0 Å². The molecule has 1 aliphatic rings. The topological polar surface area (TPSA) is 114 Å². The zero-order valence-corrected chi connectivity index (χ0v) is 14.5. The number of amides is 1. The van der Waals surface area contributed by atoms with E-state index in [1.54, 1.807) is 6.92 Å². The Balaban J connectivity index is 1.74. The Kier molecular flexibility index (Phi) is 4.35. The maximum Gasteiger partial charge on any atom is 0.237 e. The van der Waals surface area contributed by atoms with Crippen molar-refractivity contribution in [2.24, 2.45) is 5.41 Å². The molecular weight excluding hydrogens is 328 g/mol. The van der Waals surface area contributed by atoms with Gasteiger partial charge in [0, 0.05) is 6.42 Å². The summed E-state index contributed by atoms with van der Waals surface area (Å²) >= 11 is 1.24. The van der Waals surface area contributed by atoms with E-state index in [2.05, 4.69) is 30.5 Å². The highest BCUT2D eigenvalue weighted by molar-refractivity contribution is 7.99. The number of carbonyl (C=O) groups is 2. The molecule has 0 aromatic carbocycles. The number of carbonyl (C=O) groups excluding carboxylic acids is 2. The Morgan fingerprint density at radius 1 is 1.38 bits per heavy atom. The molecule has 24 heavy (non-hydrogen) atoms. The van der Waals surface area contributed by atoms with Gasteiger partial charge in [-0.15, -0.1) is 0 Å². The molecule has 0 aliphatic heterocycles. The van der Waals surface area contributed by atoms with Crippen molar-refractivity contribution in [3.63, 3.8) is 0 Å². The van der Waals surface area contributed by atoms with E-state index in [1.807, 2.05) is 13.8 Å². The predicted molar refractivity (Wildman–Crippen MR) is 88.9 cm³/mol. The summed E-state index contributed by atoms with van der Waals surface area (Å²) in [5.74, 6) is 0.230. The number of Topliss-reactive ketones (excluding diaryl/α,β-unsaturated/α-hetero) is 1. The number of ketones is 1. The Bertz CT molecular complexity index is 788. The monoisotopic (exact) mass is 346 g/mol. The summed E-state index contributed by atoms with van der Waals surface area (Å²) in [4.78, 5) is 36.9. The standard InChI is InChI=1S/C15H18N6O2S/c1-8-12-9(4-15(2,3)5-10(12)22)19-13(18-8)20-11(23)6-24-14-16-7-17-21-14/h7H,4-6H2,1-3H3,(H,16,17,21)(H,18,19,20,23). The van der Waals surface area contributed by atoms with Gasteiger partial charge in [-0.3, -0.25) is 20.0 Å². The molecule has 2 aromatic rings. The maximum atomic E-state index is 12.3. The molecule has 0 bridgehead atoms. The van der Waals surface area contributed by atoms with Gasteiger partial charge < -0.3 is 0 Å².